The summed E-state index contributed by atoms with van der Waals surface area (Å²) >= 11 is 0. The van der Waals surface area contributed by atoms with Gasteiger partial charge in [0.2, 0.25) is 0 Å². The molecule has 4 nitrogen and oxygen atoms in total. The molecule has 0 aromatic heterocycles. The standard InChI is InChI=1S/C17H24N2O2/c1-12(13-7-3-2-4-8-13)19-17(20)16-11-18-14-9-5-6-10-15(14)21-16/h5-6,9-10,12-13,16,18H,2-4,7-8,11H2,1H3,(H,19,20)/t12-,16?/m1/s1. The van der Waals surface area contributed by atoms with Crippen molar-refractivity contribution in [2.45, 2.75) is 51.2 Å². The van der Waals surface area contributed by atoms with E-state index in [1.807, 2.05) is 24.3 Å². The molecule has 1 saturated carbocycles. The minimum atomic E-state index is -0.439. The number of fused-ring (bicyclic) bond motifs is 1. The van der Waals surface area contributed by atoms with Crippen LogP contribution in [-0.4, -0.2) is 24.6 Å². The number of hydrogen-bond donors (Lipinski definition) is 2. The number of para-hydroxylation sites is 2. The van der Waals surface area contributed by atoms with Crippen molar-refractivity contribution in [1.29, 1.82) is 0 Å². The van der Waals surface area contributed by atoms with Crippen molar-refractivity contribution < 1.29 is 9.53 Å². The summed E-state index contributed by atoms with van der Waals surface area (Å²) in [5.74, 6) is 1.37. The zero-order valence-electron chi connectivity index (χ0n) is 12.6. The summed E-state index contributed by atoms with van der Waals surface area (Å²) in [6.07, 6.45) is 5.94. The van der Waals surface area contributed by atoms with Gasteiger partial charge in [0.15, 0.2) is 6.10 Å². The number of carbonyl (C=O) groups is 1. The molecule has 0 spiro atoms. The number of benzene rings is 1. The number of amides is 1. The molecule has 2 N–H and O–H groups in total. The maximum absolute atomic E-state index is 12.4. The monoisotopic (exact) mass is 288 g/mol. The molecule has 4 heteroatoms. The topological polar surface area (TPSA) is 50.4 Å². The van der Waals surface area contributed by atoms with Gasteiger partial charge in [-0.3, -0.25) is 4.79 Å². The normalized spacial score (nSPS) is 23.4. The van der Waals surface area contributed by atoms with Gasteiger partial charge in [0.25, 0.3) is 5.91 Å². The summed E-state index contributed by atoms with van der Waals surface area (Å²) < 4.78 is 5.81. The number of anilines is 1. The fourth-order valence-electron chi connectivity index (χ4n) is 3.33. The van der Waals surface area contributed by atoms with Crippen LogP contribution in [0.3, 0.4) is 0 Å². The van der Waals surface area contributed by atoms with E-state index >= 15 is 0 Å². The molecular weight excluding hydrogens is 264 g/mol. The Hall–Kier alpha value is -1.71. The Morgan fingerprint density at radius 1 is 1.29 bits per heavy atom. The lowest BCUT2D eigenvalue weighted by molar-refractivity contribution is -0.128. The lowest BCUT2D eigenvalue weighted by atomic mass is 9.84. The van der Waals surface area contributed by atoms with Crippen molar-refractivity contribution >= 4 is 11.6 Å². The van der Waals surface area contributed by atoms with E-state index in [0.29, 0.717) is 12.5 Å². The van der Waals surface area contributed by atoms with Crippen LogP contribution in [0.2, 0.25) is 0 Å². The van der Waals surface area contributed by atoms with E-state index < -0.39 is 6.10 Å². The number of rotatable bonds is 3. The van der Waals surface area contributed by atoms with Crippen molar-refractivity contribution in [3.8, 4) is 5.75 Å². The van der Waals surface area contributed by atoms with Gasteiger partial charge in [-0.2, -0.15) is 0 Å². The maximum atomic E-state index is 12.4. The van der Waals surface area contributed by atoms with E-state index in [1.54, 1.807) is 0 Å². The second-order valence-corrected chi connectivity index (χ2v) is 6.18. The molecule has 1 aromatic carbocycles. The fraction of sp³-hybridized carbons (Fsp3) is 0.588. The van der Waals surface area contributed by atoms with Gasteiger partial charge in [-0.25, -0.2) is 0 Å². The smallest absolute Gasteiger partial charge is 0.263 e. The Bertz CT molecular complexity index is 497. The van der Waals surface area contributed by atoms with E-state index in [1.165, 1.54) is 32.1 Å². The third-order valence-electron chi connectivity index (χ3n) is 4.65. The molecule has 1 fully saturated rings. The quantitative estimate of drug-likeness (QED) is 0.899. The van der Waals surface area contributed by atoms with Crippen LogP contribution in [0.4, 0.5) is 5.69 Å². The van der Waals surface area contributed by atoms with Crippen molar-refractivity contribution in [3.05, 3.63) is 24.3 Å². The molecule has 2 atom stereocenters. The summed E-state index contributed by atoms with van der Waals surface area (Å²) in [4.78, 5) is 12.4. The van der Waals surface area contributed by atoms with E-state index in [-0.39, 0.29) is 11.9 Å². The van der Waals surface area contributed by atoms with Crippen molar-refractivity contribution in [2.24, 2.45) is 5.92 Å². The zero-order chi connectivity index (χ0) is 14.7. The first-order valence-electron chi connectivity index (χ1n) is 8.04. The van der Waals surface area contributed by atoms with Crippen LogP contribution in [0.1, 0.15) is 39.0 Å². The Labute approximate surface area is 126 Å². The fourth-order valence-corrected chi connectivity index (χ4v) is 3.33. The van der Waals surface area contributed by atoms with Gasteiger partial charge in [-0.05, 0) is 37.8 Å². The average Bonchev–Trinajstić information content (AvgIpc) is 2.55. The molecule has 21 heavy (non-hydrogen) atoms. The summed E-state index contributed by atoms with van der Waals surface area (Å²) in [6, 6.07) is 7.98. The zero-order valence-corrected chi connectivity index (χ0v) is 12.6. The molecule has 0 saturated heterocycles. The van der Waals surface area contributed by atoms with Crippen LogP contribution >= 0.6 is 0 Å². The highest BCUT2D eigenvalue weighted by atomic mass is 16.5. The number of ether oxygens (including phenoxy) is 1. The average molecular weight is 288 g/mol. The highest BCUT2D eigenvalue weighted by Gasteiger charge is 2.28. The number of carbonyl (C=O) groups excluding carboxylic acids is 1. The SMILES string of the molecule is C[C@@H](NC(=O)C1CNc2ccccc2O1)C1CCCCC1. The summed E-state index contributed by atoms with van der Waals surface area (Å²) in [6.45, 7) is 2.65. The third kappa shape index (κ3) is 3.31. The van der Waals surface area contributed by atoms with E-state index in [2.05, 4.69) is 17.6 Å². The van der Waals surface area contributed by atoms with Gasteiger partial charge in [0, 0.05) is 6.04 Å². The van der Waals surface area contributed by atoms with E-state index in [9.17, 15) is 4.79 Å². The maximum Gasteiger partial charge on any atom is 0.263 e. The van der Waals surface area contributed by atoms with Crippen LogP contribution in [0, 0.1) is 5.92 Å². The van der Waals surface area contributed by atoms with Crippen molar-refractivity contribution in [2.75, 3.05) is 11.9 Å². The van der Waals surface area contributed by atoms with Gasteiger partial charge >= 0.3 is 0 Å². The molecule has 1 unspecified atom stereocenters. The first kappa shape index (κ1) is 14.2. The molecule has 2 aliphatic rings. The van der Waals surface area contributed by atoms with E-state index in [0.717, 1.165) is 11.4 Å². The molecule has 0 radical (unpaired) electrons. The second kappa shape index (κ2) is 6.37. The molecule has 3 rings (SSSR count). The van der Waals surface area contributed by atoms with Crippen LogP contribution in [-0.2, 0) is 4.79 Å². The molecule has 114 valence electrons. The summed E-state index contributed by atoms with van der Waals surface area (Å²) in [7, 11) is 0. The molecular formula is C17H24N2O2. The number of hydrogen-bond acceptors (Lipinski definition) is 3. The Morgan fingerprint density at radius 3 is 2.86 bits per heavy atom. The lowest BCUT2D eigenvalue weighted by Gasteiger charge is -2.31. The summed E-state index contributed by atoms with van der Waals surface area (Å²) in [5, 5.41) is 6.41. The van der Waals surface area contributed by atoms with Crippen molar-refractivity contribution in [1.82, 2.24) is 5.32 Å². The van der Waals surface area contributed by atoms with Crippen LogP contribution in [0.25, 0.3) is 0 Å². The molecule has 1 amide bonds. The molecule has 1 aliphatic carbocycles. The first-order chi connectivity index (χ1) is 10.2. The van der Waals surface area contributed by atoms with Crippen LogP contribution in [0.5, 0.6) is 5.75 Å². The Morgan fingerprint density at radius 2 is 2.05 bits per heavy atom. The largest absolute Gasteiger partial charge is 0.477 e. The third-order valence-corrected chi connectivity index (χ3v) is 4.65. The minimum absolute atomic E-state index is 0.00456. The second-order valence-electron chi connectivity index (χ2n) is 6.18. The number of nitrogens with one attached hydrogen (secondary N) is 2. The molecule has 1 aromatic rings. The Balaban J connectivity index is 1.56. The Kier molecular flexibility index (Phi) is 4.32. The predicted octanol–water partition coefficient (Wildman–Crippen LogP) is 2.94. The van der Waals surface area contributed by atoms with Crippen LogP contribution in [0.15, 0.2) is 24.3 Å². The highest BCUT2D eigenvalue weighted by molar-refractivity contribution is 5.83. The molecule has 1 heterocycles. The summed E-state index contributed by atoms with van der Waals surface area (Å²) in [5.41, 5.74) is 0.960. The lowest BCUT2D eigenvalue weighted by Crippen LogP contribution is -2.49. The highest BCUT2D eigenvalue weighted by Crippen LogP contribution is 2.29. The van der Waals surface area contributed by atoms with Gasteiger partial charge in [-0.1, -0.05) is 31.4 Å². The van der Waals surface area contributed by atoms with Gasteiger partial charge in [0.1, 0.15) is 5.75 Å². The van der Waals surface area contributed by atoms with Crippen LogP contribution < -0.4 is 15.4 Å². The van der Waals surface area contributed by atoms with Gasteiger partial charge in [-0.15, -0.1) is 0 Å². The van der Waals surface area contributed by atoms with Crippen molar-refractivity contribution in [3.63, 3.8) is 0 Å². The molecule has 0 bridgehead atoms. The predicted molar refractivity (Wildman–Crippen MR) is 83.5 cm³/mol. The molecule has 1 aliphatic heterocycles. The van der Waals surface area contributed by atoms with Gasteiger partial charge in [0.05, 0.1) is 12.2 Å². The van der Waals surface area contributed by atoms with Gasteiger partial charge < -0.3 is 15.4 Å². The minimum Gasteiger partial charge on any atom is -0.477 e. The van der Waals surface area contributed by atoms with E-state index in [4.69, 9.17) is 4.74 Å². The first-order valence-corrected chi connectivity index (χ1v) is 8.04.